The van der Waals surface area contributed by atoms with Gasteiger partial charge in [0, 0.05) is 13.0 Å². The number of carbonyl (C=O) groups is 1. The summed E-state index contributed by atoms with van der Waals surface area (Å²) in [4.78, 5) is 10.9. The lowest BCUT2D eigenvalue weighted by molar-refractivity contribution is 0.0514. The van der Waals surface area contributed by atoms with Crippen LogP contribution in [0, 0.1) is 6.92 Å². The average Bonchev–Trinajstić information content (AvgIpc) is 2.36. The number of esters is 1. The molecule has 0 aromatic carbocycles. The van der Waals surface area contributed by atoms with Crippen molar-refractivity contribution in [2.24, 2.45) is 0 Å². The van der Waals surface area contributed by atoms with Gasteiger partial charge in [-0.3, -0.25) is 0 Å². The van der Waals surface area contributed by atoms with E-state index in [2.05, 4.69) is 14.4 Å². The highest BCUT2D eigenvalue weighted by Crippen LogP contribution is 2.02. The Kier molecular flexibility index (Phi) is 2.25. The molecule has 0 spiro atoms. The number of aromatic nitrogens is 1. The van der Waals surface area contributed by atoms with E-state index in [1.165, 1.54) is 6.07 Å². The predicted octanol–water partition coefficient (Wildman–Crippen LogP) is 0.910. The zero-order valence-corrected chi connectivity index (χ0v) is 6.03. The van der Waals surface area contributed by atoms with Gasteiger partial charge in [0.25, 0.3) is 0 Å². The molecular formula is C7H7NO3. The molecule has 0 aliphatic heterocycles. The van der Waals surface area contributed by atoms with Crippen LogP contribution < -0.4 is 0 Å². The van der Waals surface area contributed by atoms with Crippen molar-refractivity contribution in [3.63, 3.8) is 0 Å². The Morgan fingerprint density at radius 2 is 2.64 bits per heavy atom. The Hall–Kier alpha value is -1.32. The number of hydrogen-bond donors (Lipinski definition) is 0. The van der Waals surface area contributed by atoms with Crippen molar-refractivity contribution >= 4 is 5.97 Å². The lowest BCUT2D eigenvalue weighted by Gasteiger charge is -1.94. The second kappa shape index (κ2) is 3.18. The molecule has 0 aliphatic rings. The summed E-state index contributed by atoms with van der Waals surface area (Å²) in [5, 5.41) is 3.36. The Bertz CT molecular complexity index is 254. The van der Waals surface area contributed by atoms with Crippen molar-refractivity contribution in [3.05, 3.63) is 24.4 Å². The van der Waals surface area contributed by atoms with Gasteiger partial charge in [0.2, 0.25) is 0 Å². The summed E-state index contributed by atoms with van der Waals surface area (Å²) in [7, 11) is 0. The first-order chi connectivity index (χ1) is 5.24. The maximum absolute atomic E-state index is 10.9. The summed E-state index contributed by atoms with van der Waals surface area (Å²) in [5.41, 5.74) is 0.101. The van der Waals surface area contributed by atoms with Crippen LogP contribution >= 0.6 is 0 Å². The van der Waals surface area contributed by atoms with Crippen molar-refractivity contribution < 1.29 is 14.1 Å². The Morgan fingerprint density at radius 3 is 3.09 bits per heavy atom. The fraction of sp³-hybridized carbons (Fsp3) is 0.286. The molecule has 0 saturated carbocycles. The van der Waals surface area contributed by atoms with Crippen LogP contribution in [0.5, 0.6) is 0 Å². The Labute approximate surface area is 64.1 Å². The summed E-state index contributed by atoms with van der Waals surface area (Å²) in [5.74, 6) is -0.416. The van der Waals surface area contributed by atoms with Crippen LogP contribution in [0.3, 0.4) is 0 Å². The molecule has 1 heterocycles. The van der Waals surface area contributed by atoms with Gasteiger partial charge in [-0.15, -0.1) is 0 Å². The third-order valence-corrected chi connectivity index (χ3v) is 1.01. The van der Waals surface area contributed by atoms with Gasteiger partial charge in [-0.2, -0.15) is 0 Å². The second-order valence-electron chi connectivity index (χ2n) is 1.83. The first kappa shape index (κ1) is 7.78. The summed E-state index contributed by atoms with van der Waals surface area (Å²) >= 11 is 0. The largest absolute Gasteiger partial charge is 0.461 e. The monoisotopic (exact) mass is 153 g/mol. The van der Waals surface area contributed by atoms with Crippen molar-refractivity contribution in [3.8, 4) is 0 Å². The molecular weight excluding hydrogens is 146 g/mol. The van der Waals surface area contributed by atoms with Gasteiger partial charge in [0.1, 0.15) is 5.76 Å². The standard InChI is InChI=1S/C7H7NO3/c1-3-10-7(9)6-4-5(2)11-8-6/h2,4H,3H2,1H3. The highest BCUT2D eigenvalue weighted by atomic mass is 16.5. The van der Waals surface area contributed by atoms with Crippen LogP contribution in [-0.2, 0) is 4.74 Å². The second-order valence-corrected chi connectivity index (χ2v) is 1.83. The van der Waals surface area contributed by atoms with E-state index in [4.69, 9.17) is 6.92 Å². The summed E-state index contributed by atoms with van der Waals surface area (Å²) < 4.78 is 9.08. The molecule has 0 amide bonds. The summed E-state index contributed by atoms with van der Waals surface area (Å²) in [6.45, 7) is 7.20. The van der Waals surface area contributed by atoms with E-state index >= 15 is 0 Å². The fourth-order valence-electron chi connectivity index (χ4n) is 0.591. The lowest BCUT2D eigenvalue weighted by Crippen LogP contribution is -2.04. The number of nitrogens with zero attached hydrogens (tertiary/aromatic N) is 1. The number of carbonyl (C=O) groups excluding carboxylic acids is 1. The smallest absolute Gasteiger partial charge is 0.360 e. The molecule has 4 nitrogen and oxygen atoms in total. The normalized spacial score (nSPS) is 9.64. The molecule has 0 N–H and O–H groups in total. The van der Waals surface area contributed by atoms with Crippen LogP contribution in [0.25, 0.3) is 0 Å². The van der Waals surface area contributed by atoms with Crippen LogP contribution in [0.4, 0.5) is 0 Å². The van der Waals surface area contributed by atoms with E-state index in [0.29, 0.717) is 6.61 Å². The van der Waals surface area contributed by atoms with Crippen LogP contribution in [0.2, 0.25) is 0 Å². The first-order valence-electron chi connectivity index (χ1n) is 3.13. The summed E-state index contributed by atoms with van der Waals surface area (Å²) in [6.07, 6.45) is 0. The molecule has 0 saturated heterocycles. The Balaban J connectivity index is 2.69. The molecule has 1 rings (SSSR count). The van der Waals surface area contributed by atoms with Gasteiger partial charge in [-0.1, -0.05) is 5.16 Å². The van der Waals surface area contributed by atoms with E-state index in [1.807, 2.05) is 0 Å². The predicted molar refractivity (Wildman–Crippen MR) is 35.9 cm³/mol. The molecule has 2 radical (unpaired) electrons. The van der Waals surface area contributed by atoms with Gasteiger partial charge in [-0.25, -0.2) is 4.79 Å². The molecule has 0 bridgehead atoms. The van der Waals surface area contributed by atoms with E-state index in [0.717, 1.165) is 0 Å². The van der Waals surface area contributed by atoms with E-state index in [-0.39, 0.29) is 11.5 Å². The number of hydrogen-bond acceptors (Lipinski definition) is 4. The maximum atomic E-state index is 10.9. The maximum Gasteiger partial charge on any atom is 0.360 e. The quantitative estimate of drug-likeness (QED) is 0.592. The van der Waals surface area contributed by atoms with Gasteiger partial charge < -0.3 is 9.26 Å². The van der Waals surface area contributed by atoms with Crippen molar-refractivity contribution in [2.45, 2.75) is 6.92 Å². The molecule has 11 heavy (non-hydrogen) atoms. The van der Waals surface area contributed by atoms with E-state index < -0.39 is 5.97 Å². The fourth-order valence-corrected chi connectivity index (χ4v) is 0.591. The molecule has 4 heteroatoms. The van der Waals surface area contributed by atoms with Gasteiger partial charge >= 0.3 is 5.97 Å². The number of rotatable bonds is 2. The molecule has 58 valence electrons. The molecule has 0 fully saturated rings. The third-order valence-electron chi connectivity index (χ3n) is 1.01. The zero-order chi connectivity index (χ0) is 8.27. The van der Waals surface area contributed by atoms with Crippen LogP contribution in [0.1, 0.15) is 23.2 Å². The van der Waals surface area contributed by atoms with Gasteiger partial charge in [-0.05, 0) is 6.92 Å². The number of ether oxygens (including phenoxy) is 1. The highest BCUT2D eigenvalue weighted by Gasteiger charge is 2.10. The van der Waals surface area contributed by atoms with Crippen LogP contribution in [0.15, 0.2) is 10.6 Å². The average molecular weight is 153 g/mol. The minimum absolute atomic E-state index is 0.101. The summed E-state index contributed by atoms with van der Waals surface area (Å²) in [6, 6.07) is 1.32. The molecule has 1 aromatic rings. The zero-order valence-electron chi connectivity index (χ0n) is 6.03. The highest BCUT2D eigenvalue weighted by molar-refractivity contribution is 5.87. The third kappa shape index (κ3) is 1.80. The molecule has 0 atom stereocenters. The molecule has 1 aromatic heterocycles. The van der Waals surface area contributed by atoms with E-state index in [1.54, 1.807) is 6.92 Å². The Morgan fingerprint density at radius 1 is 1.91 bits per heavy atom. The molecule has 0 unspecified atom stereocenters. The van der Waals surface area contributed by atoms with Gasteiger partial charge in [0.05, 0.1) is 6.61 Å². The minimum Gasteiger partial charge on any atom is -0.461 e. The molecule has 0 aliphatic carbocycles. The minimum atomic E-state index is -0.520. The SMILES string of the molecule is [CH]c1cc(C(=O)OCC)no1. The van der Waals surface area contributed by atoms with Gasteiger partial charge in [0.15, 0.2) is 5.69 Å². The van der Waals surface area contributed by atoms with E-state index in [9.17, 15) is 4.79 Å². The van der Waals surface area contributed by atoms with Crippen LogP contribution in [-0.4, -0.2) is 17.7 Å². The van der Waals surface area contributed by atoms with Crippen molar-refractivity contribution in [1.29, 1.82) is 0 Å². The van der Waals surface area contributed by atoms with Crippen molar-refractivity contribution in [1.82, 2.24) is 5.16 Å². The first-order valence-corrected chi connectivity index (χ1v) is 3.13. The lowest BCUT2D eigenvalue weighted by atomic mass is 10.4. The van der Waals surface area contributed by atoms with Crippen molar-refractivity contribution in [2.75, 3.05) is 6.61 Å². The topological polar surface area (TPSA) is 52.3 Å².